The van der Waals surface area contributed by atoms with Gasteiger partial charge in [0.25, 0.3) is 0 Å². The van der Waals surface area contributed by atoms with Gasteiger partial charge in [0, 0.05) is 11.1 Å². The summed E-state index contributed by atoms with van der Waals surface area (Å²) >= 11 is 6.11. The second kappa shape index (κ2) is 6.33. The minimum Gasteiger partial charge on any atom is -0.442 e. The maximum atomic E-state index is 12.2. The molecule has 0 radical (unpaired) electrons. The zero-order valence-corrected chi connectivity index (χ0v) is 15.1. The summed E-state index contributed by atoms with van der Waals surface area (Å²) in [5, 5.41) is 8.48. The predicted octanol–water partition coefficient (Wildman–Crippen LogP) is 4.31. The van der Waals surface area contributed by atoms with E-state index in [1.165, 1.54) is 4.68 Å². The Balaban J connectivity index is 1.89. The minimum absolute atomic E-state index is 0.426. The molecule has 1 N–H and O–H groups in total. The van der Waals surface area contributed by atoms with Gasteiger partial charge in [0.2, 0.25) is 0 Å². The highest BCUT2D eigenvalue weighted by atomic mass is 35.5. The summed E-state index contributed by atoms with van der Waals surface area (Å²) in [4.78, 5) is 20.5. The molecule has 3 rings (SSSR count). The Labute approximate surface area is 150 Å². The fourth-order valence-corrected chi connectivity index (χ4v) is 2.38. The topological polar surface area (TPSA) is 81.9 Å². The van der Waals surface area contributed by atoms with Gasteiger partial charge >= 0.3 is 6.09 Å². The lowest BCUT2D eigenvalue weighted by molar-refractivity contribution is 0.0523. The van der Waals surface area contributed by atoms with Crippen LogP contribution >= 0.6 is 11.6 Å². The molecule has 25 heavy (non-hydrogen) atoms. The molecule has 2 aromatic heterocycles. The number of rotatable bonds is 2. The van der Waals surface area contributed by atoms with Gasteiger partial charge in [0.05, 0.1) is 17.9 Å². The van der Waals surface area contributed by atoms with Gasteiger partial charge in [-0.25, -0.2) is 14.8 Å². The van der Waals surface area contributed by atoms with Gasteiger partial charge in [0.1, 0.15) is 16.4 Å². The smallest absolute Gasteiger partial charge is 0.435 e. The molecule has 0 aliphatic heterocycles. The molecule has 0 bridgehead atoms. The first-order chi connectivity index (χ1) is 11.7. The molecular formula is C17H18ClN5O2. The molecule has 130 valence electrons. The number of fused-ring (bicyclic) bond motifs is 1. The second-order valence-electron chi connectivity index (χ2n) is 6.55. The molecule has 0 aliphatic carbocycles. The predicted molar refractivity (Wildman–Crippen MR) is 96.4 cm³/mol. The maximum absolute atomic E-state index is 12.2. The molecule has 0 unspecified atom stereocenters. The molecule has 8 heteroatoms. The molecule has 0 aliphatic rings. The number of nitrogens with zero attached hydrogens (tertiary/aromatic N) is 4. The van der Waals surface area contributed by atoms with Gasteiger partial charge in [-0.15, -0.1) is 0 Å². The molecule has 0 saturated heterocycles. The van der Waals surface area contributed by atoms with Crippen LogP contribution in [0.25, 0.3) is 10.9 Å². The minimum atomic E-state index is -0.585. The third-order valence-corrected chi connectivity index (χ3v) is 3.54. The number of anilines is 2. The normalized spacial score (nSPS) is 11.6. The van der Waals surface area contributed by atoms with Gasteiger partial charge < -0.3 is 10.1 Å². The van der Waals surface area contributed by atoms with Crippen LogP contribution in [0.1, 0.15) is 26.6 Å². The summed E-state index contributed by atoms with van der Waals surface area (Å²) in [6.45, 7) is 7.22. The van der Waals surface area contributed by atoms with Crippen LogP contribution in [0, 0.1) is 6.92 Å². The third kappa shape index (κ3) is 3.88. The number of aryl methyl sites for hydroxylation is 1. The fraction of sp³-hybridized carbons (Fsp3) is 0.294. The summed E-state index contributed by atoms with van der Waals surface area (Å²) in [6.07, 6.45) is 2.64. The van der Waals surface area contributed by atoms with E-state index in [9.17, 15) is 4.79 Å². The van der Waals surface area contributed by atoms with E-state index in [1.54, 1.807) is 25.4 Å². The number of halogens is 1. The first kappa shape index (κ1) is 17.2. The van der Waals surface area contributed by atoms with Gasteiger partial charge in [-0.2, -0.15) is 9.78 Å². The van der Waals surface area contributed by atoms with Crippen molar-refractivity contribution in [2.45, 2.75) is 33.3 Å². The monoisotopic (exact) mass is 359 g/mol. The Kier molecular flexibility index (Phi) is 4.34. The quantitative estimate of drug-likeness (QED) is 0.734. The van der Waals surface area contributed by atoms with E-state index in [4.69, 9.17) is 16.3 Å². The van der Waals surface area contributed by atoms with Crippen molar-refractivity contribution in [1.29, 1.82) is 0 Å². The number of hydrogen-bond acceptors (Lipinski definition) is 6. The molecule has 0 amide bonds. The van der Waals surface area contributed by atoms with Crippen LogP contribution in [0.3, 0.4) is 0 Å². The average Bonchev–Trinajstić information content (AvgIpc) is 2.92. The van der Waals surface area contributed by atoms with Crippen molar-refractivity contribution in [2.75, 3.05) is 5.32 Å². The second-order valence-corrected chi connectivity index (χ2v) is 6.96. The number of carbonyl (C=O) groups excluding carboxylic acids is 1. The standard InChI is InChI=1S/C17H18ClN5O2/c1-10-19-9-13(18)15(21-10)22-12-5-6-14-11(7-12)8-20-23(14)16(24)25-17(2,3)4/h5-9H,1-4H3,(H,19,21,22). The van der Waals surface area contributed by atoms with Crippen LogP contribution in [0.4, 0.5) is 16.3 Å². The van der Waals surface area contributed by atoms with Crippen LogP contribution in [-0.4, -0.2) is 31.4 Å². The van der Waals surface area contributed by atoms with Gasteiger partial charge in [-0.1, -0.05) is 11.6 Å². The summed E-state index contributed by atoms with van der Waals surface area (Å²) in [5.41, 5.74) is 0.847. The molecule has 0 spiro atoms. The SMILES string of the molecule is Cc1ncc(Cl)c(Nc2ccc3c(cnn3C(=O)OC(C)(C)C)c2)n1. The molecule has 0 atom stereocenters. The van der Waals surface area contributed by atoms with Crippen molar-refractivity contribution in [3.8, 4) is 0 Å². The largest absolute Gasteiger partial charge is 0.442 e. The molecule has 0 fully saturated rings. The number of benzene rings is 1. The van der Waals surface area contributed by atoms with E-state index in [2.05, 4.69) is 20.4 Å². The molecule has 0 saturated carbocycles. The third-order valence-electron chi connectivity index (χ3n) is 3.26. The van der Waals surface area contributed by atoms with Crippen molar-refractivity contribution >= 4 is 40.1 Å². The maximum Gasteiger partial charge on any atom is 0.435 e. The van der Waals surface area contributed by atoms with E-state index in [0.29, 0.717) is 22.2 Å². The van der Waals surface area contributed by atoms with Gasteiger partial charge in [-0.3, -0.25) is 0 Å². The molecule has 2 heterocycles. The Morgan fingerprint density at radius 2 is 2.04 bits per heavy atom. The van der Waals surface area contributed by atoms with Crippen LogP contribution in [0.5, 0.6) is 0 Å². The molecule has 7 nitrogen and oxygen atoms in total. The zero-order chi connectivity index (χ0) is 18.2. The highest BCUT2D eigenvalue weighted by molar-refractivity contribution is 6.32. The van der Waals surface area contributed by atoms with Crippen LogP contribution < -0.4 is 5.32 Å². The summed E-state index contributed by atoms with van der Waals surface area (Å²) in [7, 11) is 0. The van der Waals surface area contributed by atoms with Crippen molar-refractivity contribution in [3.63, 3.8) is 0 Å². The van der Waals surface area contributed by atoms with E-state index < -0.39 is 11.7 Å². The first-order valence-corrected chi connectivity index (χ1v) is 8.08. The van der Waals surface area contributed by atoms with E-state index in [0.717, 1.165) is 11.1 Å². The Bertz CT molecular complexity index is 946. The number of nitrogens with one attached hydrogen (secondary N) is 1. The molecule has 3 aromatic rings. The van der Waals surface area contributed by atoms with Gasteiger partial charge in [0.15, 0.2) is 5.82 Å². The van der Waals surface area contributed by atoms with Crippen LogP contribution in [0.2, 0.25) is 5.02 Å². The summed E-state index contributed by atoms with van der Waals surface area (Å²) in [6, 6.07) is 5.46. The highest BCUT2D eigenvalue weighted by Crippen LogP contribution is 2.25. The van der Waals surface area contributed by atoms with Crippen molar-refractivity contribution in [2.24, 2.45) is 0 Å². The molecule has 1 aromatic carbocycles. The molecular weight excluding hydrogens is 342 g/mol. The first-order valence-electron chi connectivity index (χ1n) is 7.70. The number of hydrogen-bond donors (Lipinski definition) is 1. The Morgan fingerprint density at radius 1 is 1.28 bits per heavy atom. The fourth-order valence-electron chi connectivity index (χ4n) is 2.24. The lowest BCUT2D eigenvalue weighted by atomic mass is 10.2. The average molecular weight is 360 g/mol. The Hall–Kier alpha value is -2.67. The van der Waals surface area contributed by atoms with Crippen LogP contribution in [-0.2, 0) is 4.74 Å². The van der Waals surface area contributed by atoms with Crippen LogP contribution in [0.15, 0.2) is 30.6 Å². The van der Waals surface area contributed by atoms with E-state index >= 15 is 0 Å². The van der Waals surface area contributed by atoms with E-state index in [1.807, 2.05) is 32.9 Å². The number of carbonyl (C=O) groups is 1. The lowest BCUT2D eigenvalue weighted by Gasteiger charge is -2.19. The lowest BCUT2D eigenvalue weighted by Crippen LogP contribution is -2.27. The van der Waals surface area contributed by atoms with E-state index in [-0.39, 0.29) is 0 Å². The zero-order valence-electron chi connectivity index (χ0n) is 14.4. The van der Waals surface area contributed by atoms with Crippen molar-refractivity contribution < 1.29 is 9.53 Å². The number of aromatic nitrogens is 4. The summed E-state index contributed by atoms with van der Waals surface area (Å²) in [5.74, 6) is 1.14. The Morgan fingerprint density at radius 3 is 2.76 bits per heavy atom. The van der Waals surface area contributed by atoms with Crippen molar-refractivity contribution in [3.05, 3.63) is 41.4 Å². The highest BCUT2D eigenvalue weighted by Gasteiger charge is 2.20. The summed E-state index contributed by atoms with van der Waals surface area (Å²) < 4.78 is 6.60. The van der Waals surface area contributed by atoms with Gasteiger partial charge in [-0.05, 0) is 45.9 Å². The number of ether oxygens (including phenoxy) is 1. The van der Waals surface area contributed by atoms with Crippen molar-refractivity contribution in [1.82, 2.24) is 19.7 Å².